The molecule has 0 aromatic heterocycles. The maximum atomic E-state index is 11.9. The molecule has 0 unspecified atom stereocenters. The van der Waals surface area contributed by atoms with Crippen LogP contribution in [0.3, 0.4) is 0 Å². The van der Waals surface area contributed by atoms with Crippen LogP contribution < -0.4 is 5.32 Å². The first-order valence-corrected chi connectivity index (χ1v) is 8.86. The minimum absolute atomic E-state index is 0.0375. The molecule has 0 aliphatic carbocycles. The van der Waals surface area contributed by atoms with Gasteiger partial charge in [-0.15, -0.1) is 0 Å². The van der Waals surface area contributed by atoms with Gasteiger partial charge in [0, 0.05) is 24.1 Å². The van der Waals surface area contributed by atoms with Gasteiger partial charge in [-0.3, -0.25) is 4.84 Å². The standard InChI is InChI=1S/C18H25ClN2O7/c1-18(2,3)28-16(24)20-14(15(22)23)9-10-27-21(4)17(25)26-11-12-7-5-6-8-13(12)19/h5-8,14H,9-11H2,1-4H3,(H,20,24)(H,22,23)/t14-/m0/s1. The number of nitrogens with zero attached hydrogens (tertiary/aromatic N) is 1. The third kappa shape index (κ3) is 8.92. The van der Waals surface area contributed by atoms with Gasteiger partial charge in [-0.1, -0.05) is 29.8 Å². The van der Waals surface area contributed by atoms with E-state index >= 15 is 0 Å². The Balaban J connectivity index is 2.41. The van der Waals surface area contributed by atoms with E-state index in [-0.39, 0.29) is 19.6 Å². The highest BCUT2D eigenvalue weighted by molar-refractivity contribution is 6.31. The Bertz CT molecular complexity index is 691. The SMILES string of the molecule is CN(OCC[C@H](NC(=O)OC(C)(C)C)C(=O)O)C(=O)OCc1ccccc1Cl. The topological polar surface area (TPSA) is 114 Å². The Morgan fingerprint density at radius 2 is 1.89 bits per heavy atom. The van der Waals surface area contributed by atoms with Crippen molar-refractivity contribution in [2.75, 3.05) is 13.7 Å². The average Bonchev–Trinajstić information content (AvgIpc) is 2.58. The van der Waals surface area contributed by atoms with Crippen LogP contribution in [-0.4, -0.2) is 53.6 Å². The van der Waals surface area contributed by atoms with Crippen molar-refractivity contribution < 1.29 is 33.8 Å². The van der Waals surface area contributed by atoms with Crippen molar-refractivity contribution >= 4 is 29.8 Å². The molecule has 10 heteroatoms. The molecule has 1 atom stereocenters. The third-order valence-corrected chi connectivity index (χ3v) is 3.62. The largest absolute Gasteiger partial charge is 0.480 e. The highest BCUT2D eigenvalue weighted by Crippen LogP contribution is 2.16. The number of carbonyl (C=O) groups excluding carboxylic acids is 2. The van der Waals surface area contributed by atoms with Crippen molar-refractivity contribution in [3.05, 3.63) is 34.9 Å². The number of carboxylic acids is 1. The molecular weight excluding hydrogens is 392 g/mol. The lowest BCUT2D eigenvalue weighted by atomic mass is 10.2. The maximum Gasteiger partial charge on any atom is 0.434 e. The minimum atomic E-state index is -1.25. The number of hydrogen-bond donors (Lipinski definition) is 2. The van der Waals surface area contributed by atoms with Gasteiger partial charge in [-0.2, -0.15) is 5.06 Å². The third-order valence-electron chi connectivity index (χ3n) is 3.25. The molecule has 0 bridgehead atoms. The van der Waals surface area contributed by atoms with Crippen LogP contribution in [0.1, 0.15) is 32.8 Å². The summed E-state index contributed by atoms with van der Waals surface area (Å²) in [5, 5.41) is 12.7. The monoisotopic (exact) mass is 416 g/mol. The van der Waals surface area contributed by atoms with E-state index in [9.17, 15) is 19.5 Å². The van der Waals surface area contributed by atoms with E-state index in [1.807, 2.05) is 0 Å². The summed E-state index contributed by atoms with van der Waals surface area (Å²) >= 11 is 5.98. The predicted octanol–water partition coefficient (Wildman–Crippen LogP) is 3.21. The molecule has 9 nitrogen and oxygen atoms in total. The molecule has 0 aliphatic heterocycles. The normalized spacial score (nSPS) is 12.0. The molecule has 28 heavy (non-hydrogen) atoms. The summed E-state index contributed by atoms with van der Waals surface area (Å²) in [5.41, 5.74) is -0.117. The number of rotatable bonds is 8. The summed E-state index contributed by atoms with van der Waals surface area (Å²) in [6.45, 7) is 4.80. The van der Waals surface area contributed by atoms with E-state index in [4.69, 9.17) is 25.9 Å². The van der Waals surface area contributed by atoms with Crippen LogP contribution in [0.25, 0.3) is 0 Å². The number of ether oxygens (including phenoxy) is 2. The van der Waals surface area contributed by atoms with E-state index in [2.05, 4.69) is 5.32 Å². The molecule has 0 saturated carbocycles. The number of aliphatic carboxylic acids is 1. The number of carboxylic acid groups (broad SMARTS) is 1. The fraction of sp³-hybridized carbons (Fsp3) is 0.500. The lowest BCUT2D eigenvalue weighted by molar-refractivity contribution is -0.143. The maximum absolute atomic E-state index is 11.9. The van der Waals surface area contributed by atoms with Crippen LogP contribution in [0.4, 0.5) is 9.59 Å². The van der Waals surface area contributed by atoms with Crippen LogP contribution in [0, 0.1) is 0 Å². The van der Waals surface area contributed by atoms with Gasteiger partial charge in [0.05, 0.1) is 6.61 Å². The van der Waals surface area contributed by atoms with Gasteiger partial charge in [-0.05, 0) is 26.8 Å². The predicted molar refractivity (Wildman–Crippen MR) is 101 cm³/mol. The molecule has 1 rings (SSSR count). The van der Waals surface area contributed by atoms with Gasteiger partial charge in [-0.25, -0.2) is 14.4 Å². The smallest absolute Gasteiger partial charge is 0.434 e. The van der Waals surface area contributed by atoms with Gasteiger partial charge < -0.3 is 19.9 Å². The molecule has 1 aromatic carbocycles. The highest BCUT2D eigenvalue weighted by atomic mass is 35.5. The van der Waals surface area contributed by atoms with Crippen molar-refractivity contribution in [3.63, 3.8) is 0 Å². The number of halogens is 1. The summed E-state index contributed by atoms with van der Waals surface area (Å²) in [6.07, 6.45) is -1.71. The Hall–Kier alpha value is -2.52. The molecule has 0 spiro atoms. The molecule has 0 aliphatic rings. The summed E-state index contributed by atoms with van der Waals surface area (Å²) in [7, 11) is 1.33. The zero-order valence-electron chi connectivity index (χ0n) is 16.2. The van der Waals surface area contributed by atoms with E-state index in [1.54, 1.807) is 45.0 Å². The Labute approximate surface area is 168 Å². The summed E-state index contributed by atoms with van der Waals surface area (Å²) in [5.74, 6) is -1.25. The van der Waals surface area contributed by atoms with Gasteiger partial charge in [0.25, 0.3) is 0 Å². The van der Waals surface area contributed by atoms with Crippen molar-refractivity contribution in [1.29, 1.82) is 0 Å². The van der Waals surface area contributed by atoms with E-state index in [0.717, 1.165) is 5.06 Å². The summed E-state index contributed by atoms with van der Waals surface area (Å²) < 4.78 is 10.1. The second kappa shape index (κ2) is 10.7. The zero-order valence-corrected chi connectivity index (χ0v) is 17.0. The van der Waals surface area contributed by atoms with E-state index in [0.29, 0.717) is 10.6 Å². The molecule has 156 valence electrons. The van der Waals surface area contributed by atoms with E-state index < -0.39 is 29.8 Å². The Morgan fingerprint density at radius 3 is 2.46 bits per heavy atom. The Kier molecular flexibility index (Phi) is 9.01. The molecule has 1 aromatic rings. The molecular formula is C18H25ClN2O7. The van der Waals surface area contributed by atoms with Crippen molar-refractivity contribution in [1.82, 2.24) is 10.4 Å². The first-order valence-electron chi connectivity index (χ1n) is 8.48. The Morgan fingerprint density at radius 1 is 1.25 bits per heavy atom. The average molecular weight is 417 g/mol. The summed E-state index contributed by atoms with van der Waals surface area (Å²) in [6, 6.07) is 5.68. The van der Waals surface area contributed by atoms with Crippen LogP contribution in [0.15, 0.2) is 24.3 Å². The van der Waals surface area contributed by atoms with Crippen LogP contribution in [-0.2, 0) is 25.7 Å². The van der Waals surface area contributed by atoms with Crippen molar-refractivity contribution in [2.24, 2.45) is 0 Å². The van der Waals surface area contributed by atoms with Gasteiger partial charge in [0.15, 0.2) is 0 Å². The quantitative estimate of drug-likeness (QED) is 0.625. The molecule has 2 amide bonds. The number of amides is 2. The second-order valence-corrected chi connectivity index (χ2v) is 7.21. The van der Waals surface area contributed by atoms with Crippen LogP contribution >= 0.6 is 11.6 Å². The molecule has 0 radical (unpaired) electrons. The fourth-order valence-electron chi connectivity index (χ4n) is 1.91. The fourth-order valence-corrected chi connectivity index (χ4v) is 2.10. The lowest BCUT2D eigenvalue weighted by Crippen LogP contribution is -2.44. The van der Waals surface area contributed by atoms with Crippen molar-refractivity contribution in [3.8, 4) is 0 Å². The van der Waals surface area contributed by atoms with Gasteiger partial charge in [0.2, 0.25) is 0 Å². The van der Waals surface area contributed by atoms with Gasteiger partial charge >= 0.3 is 18.2 Å². The molecule has 0 fully saturated rings. The number of carbonyl (C=O) groups is 3. The molecule has 0 heterocycles. The van der Waals surface area contributed by atoms with Crippen LogP contribution in [0.5, 0.6) is 0 Å². The highest BCUT2D eigenvalue weighted by Gasteiger charge is 2.24. The number of hydroxylamine groups is 2. The minimum Gasteiger partial charge on any atom is -0.480 e. The van der Waals surface area contributed by atoms with Crippen LogP contribution in [0.2, 0.25) is 5.02 Å². The number of hydrogen-bond acceptors (Lipinski definition) is 6. The molecule has 0 saturated heterocycles. The second-order valence-electron chi connectivity index (χ2n) is 6.80. The number of benzene rings is 1. The van der Waals surface area contributed by atoms with Gasteiger partial charge in [0.1, 0.15) is 18.2 Å². The lowest BCUT2D eigenvalue weighted by Gasteiger charge is -2.22. The van der Waals surface area contributed by atoms with Crippen molar-refractivity contribution in [2.45, 2.75) is 45.4 Å². The van der Waals surface area contributed by atoms with E-state index in [1.165, 1.54) is 7.05 Å². The number of alkyl carbamates (subject to hydrolysis) is 1. The molecule has 2 N–H and O–H groups in total. The first-order chi connectivity index (χ1) is 13.0. The summed E-state index contributed by atoms with van der Waals surface area (Å²) in [4.78, 5) is 40.0. The zero-order chi connectivity index (χ0) is 21.3. The first kappa shape index (κ1) is 23.5. The number of nitrogens with one attached hydrogen (secondary N) is 1.